The fourth-order valence-corrected chi connectivity index (χ4v) is 3.88. The minimum Gasteiger partial charge on any atom is -0.496 e. The van der Waals surface area contributed by atoms with E-state index in [1.807, 2.05) is 43.5 Å². The van der Waals surface area contributed by atoms with Crippen LogP contribution in [0.15, 0.2) is 67.3 Å². The zero-order chi connectivity index (χ0) is 23.5. The van der Waals surface area contributed by atoms with Crippen LogP contribution < -0.4 is 10.1 Å². The third-order valence-corrected chi connectivity index (χ3v) is 5.60. The average molecular weight is 459 g/mol. The monoisotopic (exact) mass is 459 g/mol. The lowest BCUT2D eigenvalue weighted by Gasteiger charge is -2.23. The summed E-state index contributed by atoms with van der Waals surface area (Å²) in [5, 5.41) is 20.2. The van der Waals surface area contributed by atoms with Crippen molar-refractivity contribution in [1.82, 2.24) is 45.1 Å². The minimum atomic E-state index is -0.532. The molecular formula is C23H22FN9O. The molecular weight excluding hydrogens is 437 g/mol. The summed E-state index contributed by atoms with van der Waals surface area (Å²) >= 11 is 0. The number of ether oxygens (including phenoxy) is 1. The Morgan fingerprint density at radius 3 is 2.82 bits per heavy atom. The van der Waals surface area contributed by atoms with Crippen LogP contribution in [0.5, 0.6) is 5.75 Å². The van der Waals surface area contributed by atoms with E-state index in [1.165, 1.54) is 6.20 Å². The number of hydrogen-bond acceptors (Lipinski definition) is 8. The topological polar surface area (TPSA) is 108 Å². The minimum absolute atomic E-state index is 0.387. The number of methoxy groups -OCH3 is 1. The van der Waals surface area contributed by atoms with Gasteiger partial charge in [0.25, 0.3) is 0 Å². The normalized spacial score (nSPS) is 13.1. The lowest BCUT2D eigenvalue weighted by molar-refractivity contribution is 0.404. The van der Waals surface area contributed by atoms with Crippen molar-refractivity contribution in [3.63, 3.8) is 0 Å². The van der Waals surface area contributed by atoms with E-state index in [1.54, 1.807) is 40.8 Å². The van der Waals surface area contributed by atoms with E-state index in [2.05, 4.69) is 35.9 Å². The van der Waals surface area contributed by atoms with Gasteiger partial charge < -0.3 is 4.74 Å². The third kappa shape index (κ3) is 4.20. The van der Waals surface area contributed by atoms with E-state index in [4.69, 9.17) is 4.74 Å². The van der Waals surface area contributed by atoms with E-state index < -0.39 is 18.0 Å². The Morgan fingerprint density at radius 1 is 1.09 bits per heavy atom. The van der Waals surface area contributed by atoms with Crippen molar-refractivity contribution < 1.29 is 9.13 Å². The Bertz CT molecular complexity index is 1420. The van der Waals surface area contributed by atoms with Crippen molar-refractivity contribution in [3.8, 4) is 5.75 Å². The molecule has 2 atom stereocenters. The first kappa shape index (κ1) is 21.6. The molecule has 4 heterocycles. The molecule has 1 unspecified atom stereocenters. The van der Waals surface area contributed by atoms with Gasteiger partial charge in [0.15, 0.2) is 11.5 Å². The molecule has 4 aromatic heterocycles. The zero-order valence-corrected chi connectivity index (χ0v) is 18.6. The maximum Gasteiger partial charge on any atom is 0.217 e. The summed E-state index contributed by atoms with van der Waals surface area (Å²) < 4.78 is 23.3. The summed E-state index contributed by atoms with van der Waals surface area (Å²) in [7, 11) is 1.62. The summed E-state index contributed by atoms with van der Waals surface area (Å²) in [6.45, 7) is 2.25. The Balaban J connectivity index is 1.55. The van der Waals surface area contributed by atoms with Gasteiger partial charge in [0.1, 0.15) is 5.75 Å². The quantitative estimate of drug-likeness (QED) is 0.353. The molecule has 0 aliphatic heterocycles. The zero-order valence-electron chi connectivity index (χ0n) is 18.6. The van der Waals surface area contributed by atoms with E-state index in [0.29, 0.717) is 23.6 Å². The molecule has 5 rings (SSSR count). The molecule has 0 aliphatic carbocycles. The summed E-state index contributed by atoms with van der Waals surface area (Å²) in [5.74, 6) is 0.741. The van der Waals surface area contributed by atoms with Crippen molar-refractivity contribution >= 4 is 5.65 Å². The fraction of sp³-hybridized carbons (Fsp3) is 0.217. The first-order valence-corrected chi connectivity index (χ1v) is 10.7. The molecule has 5 aromatic rings. The number of fused-ring (bicyclic) bond motifs is 1. The molecule has 1 aromatic carbocycles. The van der Waals surface area contributed by atoms with Gasteiger partial charge in [0.05, 0.1) is 25.9 Å². The molecule has 0 spiro atoms. The van der Waals surface area contributed by atoms with Crippen molar-refractivity contribution in [2.75, 3.05) is 7.11 Å². The summed E-state index contributed by atoms with van der Waals surface area (Å²) in [4.78, 5) is 8.26. The lowest BCUT2D eigenvalue weighted by Crippen LogP contribution is -2.29. The van der Waals surface area contributed by atoms with E-state index in [0.717, 1.165) is 16.9 Å². The number of hydrogen-bond donors (Lipinski definition) is 1. The highest BCUT2D eigenvalue weighted by Gasteiger charge is 2.26. The number of benzene rings is 1. The Morgan fingerprint density at radius 2 is 1.97 bits per heavy atom. The number of pyridine rings is 1. The first-order valence-electron chi connectivity index (χ1n) is 10.7. The number of nitrogens with zero attached hydrogens (tertiary/aromatic N) is 8. The Hall–Kier alpha value is -4.25. The van der Waals surface area contributed by atoms with Crippen LogP contribution in [0.3, 0.4) is 0 Å². The van der Waals surface area contributed by atoms with Gasteiger partial charge in [-0.25, -0.2) is 19.2 Å². The molecule has 0 saturated heterocycles. The molecule has 0 fully saturated rings. The highest BCUT2D eigenvalue weighted by atomic mass is 19.1. The molecule has 0 bridgehead atoms. The predicted molar refractivity (Wildman–Crippen MR) is 120 cm³/mol. The maximum atomic E-state index is 14.4. The van der Waals surface area contributed by atoms with Gasteiger partial charge in [-0.3, -0.25) is 5.32 Å². The molecule has 34 heavy (non-hydrogen) atoms. The summed E-state index contributed by atoms with van der Waals surface area (Å²) in [6, 6.07) is 12.0. The van der Waals surface area contributed by atoms with Crippen LogP contribution >= 0.6 is 0 Å². The SMILES string of the molecule is COc1ccccc1Cn1nnnc1C(N[C@@H](C)c1cccnc1F)c1cnc2ccnn2c1. The van der Waals surface area contributed by atoms with Crippen molar-refractivity contribution in [2.45, 2.75) is 25.6 Å². The first-order chi connectivity index (χ1) is 16.6. The lowest BCUT2D eigenvalue weighted by atomic mass is 10.1. The number of para-hydroxylation sites is 1. The number of halogens is 1. The largest absolute Gasteiger partial charge is 0.496 e. The molecule has 11 heteroatoms. The molecule has 0 saturated carbocycles. The maximum absolute atomic E-state index is 14.4. The molecule has 0 radical (unpaired) electrons. The smallest absolute Gasteiger partial charge is 0.217 e. The van der Waals surface area contributed by atoms with Gasteiger partial charge in [-0.05, 0) is 29.5 Å². The van der Waals surface area contributed by atoms with E-state index >= 15 is 0 Å². The number of tetrazole rings is 1. The summed E-state index contributed by atoms with van der Waals surface area (Å²) in [5.41, 5.74) is 2.83. The van der Waals surface area contributed by atoms with Crippen LogP contribution in [-0.2, 0) is 6.54 Å². The highest BCUT2D eigenvalue weighted by Crippen LogP contribution is 2.26. The van der Waals surface area contributed by atoms with Crippen LogP contribution in [0.2, 0.25) is 0 Å². The second kappa shape index (κ2) is 9.32. The van der Waals surface area contributed by atoms with Crippen LogP contribution in [0.1, 0.15) is 41.5 Å². The molecule has 10 nitrogen and oxygen atoms in total. The number of nitrogens with one attached hydrogen (secondary N) is 1. The van der Waals surface area contributed by atoms with E-state index in [-0.39, 0.29) is 0 Å². The van der Waals surface area contributed by atoms with Crippen molar-refractivity contribution in [3.05, 3.63) is 95.7 Å². The number of aromatic nitrogens is 8. The second-order valence-corrected chi connectivity index (χ2v) is 7.73. The van der Waals surface area contributed by atoms with Crippen molar-refractivity contribution in [2.24, 2.45) is 0 Å². The summed E-state index contributed by atoms with van der Waals surface area (Å²) in [6.07, 6.45) is 6.69. The van der Waals surface area contributed by atoms with Gasteiger partial charge >= 0.3 is 0 Å². The molecule has 172 valence electrons. The second-order valence-electron chi connectivity index (χ2n) is 7.73. The van der Waals surface area contributed by atoms with Crippen LogP contribution in [-0.4, -0.2) is 46.9 Å². The molecule has 0 aliphatic rings. The van der Waals surface area contributed by atoms with Gasteiger partial charge in [0, 0.05) is 47.4 Å². The highest BCUT2D eigenvalue weighted by molar-refractivity contribution is 5.38. The van der Waals surface area contributed by atoms with Gasteiger partial charge in [0.2, 0.25) is 5.95 Å². The van der Waals surface area contributed by atoms with Crippen molar-refractivity contribution in [1.29, 1.82) is 0 Å². The van der Waals surface area contributed by atoms with Crippen LogP contribution in [0.25, 0.3) is 5.65 Å². The Labute approximate surface area is 194 Å². The Kier molecular flexibility index (Phi) is 5.91. The standard InChI is InChI=1S/C23H22FN9O/c1-15(18-7-5-10-25-22(18)24)28-21(17-12-26-20-9-11-27-32(20)14-17)23-29-30-31-33(23)13-16-6-3-4-8-19(16)34-2/h3-12,14-15,21,28H,13H2,1-2H3/t15-,21?/m0/s1. The fourth-order valence-electron chi connectivity index (χ4n) is 3.88. The predicted octanol–water partition coefficient (Wildman–Crippen LogP) is 2.75. The molecule has 0 amide bonds. The molecule has 1 N–H and O–H groups in total. The third-order valence-electron chi connectivity index (χ3n) is 5.60. The van der Waals surface area contributed by atoms with Crippen LogP contribution in [0, 0.1) is 5.95 Å². The van der Waals surface area contributed by atoms with Gasteiger partial charge in [-0.1, -0.05) is 24.3 Å². The van der Waals surface area contributed by atoms with Gasteiger partial charge in [-0.15, -0.1) is 5.10 Å². The number of rotatable bonds is 8. The van der Waals surface area contributed by atoms with E-state index in [9.17, 15) is 4.39 Å². The average Bonchev–Trinajstić information content (AvgIpc) is 3.52. The van der Waals surface area contributed by atoms with Crippen LogP contribution in [0.4, 0.5) is 4.39 Å². The van der Waals surface area contributed by atoms with Gasteiger partial charge in [-0.2, -0.15) is 9.49 Å².